The van der Waals surface area contributed by atoms with Crippen LogP contribution in [0.4, 0.5) is 10.5 Å². The second-order valence-corrected chi connectivity index (χ2v) is 12.4. The number of anilines is 1. The maximum Gasteiger partial charge on any atom is 0.411 e. The van der Waals surface area contributed by atoms with Crippen LogP contribution in [0.5, 0.6) is 0 Å². The second kappa shape index (κ2) is 19.7. The first-order valence-electron chi connectivity index (χ1n) is 18.0. The Labute approximate surface area is 309 Å². The molecule has 5 atom stereocenters. The van der Waals surface area contributed by atoms with Gasteiger partial charge in [0.25, 0.3) is 5.91 Å². The molecule has 1 aliphatic heterocycles. The number of carbonyl (C=O) groups excluding carboxylic acids is 5. The Morgan fingerprint density at radius 3 is 1.83 bits per heavy atom. The zero-order valence-electron chi connectivity index (χ0n) is 31.0. The summed E-state index contributed by atoms with van der Waals surface area (Å²) < 4.78 is 27.9. The Morgan fingerprint density at radius 1 is 0.698 bits per heavy atom. The maximum absolute atomic E-state index is 13.0. The Bertz CT molecular complexity index is 1730. The van der Waals surface area contributed by atoms with Gasteiger partial charge >= 0.3 is 24.0 Å². The molecule has 1 heterocycles. The lowest BCUT2D eigenvalue weighted by atomic mass is 9.99. The van der Waals surface area contributed by atoms with Gasteiger partial charge in [-0.1, -0.05) is 58.9 Å². The van der Waals surface area contributed by atoms with Crippen molar-refractivity contribution in [1.29, 1.82) is 0 Å². The molecule has 53 heavy (non-hydrogen) atoms. The van der Waals surface area contributed by atoms with Crippen molar-refractivity contribution in [3.8, 4) is 0 Å². The number of hydroxylamine groups is 1. The third-order valence-corrected chi connectivity index (χ3v) is 8.70. The molecule has 0 saturated carbocycles. The number of hydrogen-bond donors (Lipinski definition) is 2. The van der Waals surface area contributed by atoms with Crippen molar-refractivity contribution < 1.29 is 52.5 Å². The summed E-state index contributed by atoms with van der Waals surface area (Å²) in [7, 11) is 0. The molecule has 1 fully saturated rings. The zero-order valence-corrected chi connectivity index (χ0v) is 31.0. The summed E-state index contributed by atoms with van der Waals surface area (Å²) in [5, 5.41) is 4.81. The van der Waals surface area contributed by atoms with Crippen LogP contribution in [0.1, 0.15) is 82.3 Å². The number of esters is 3. The summed E-state index contributed by atoms with van der Waals surface area (Å²) in [6, 6.07) is 18.2. The van der Waals surface area contributed by atoms with Gasteiger partial charge in [-0.05, 0) is 78.3 Å². The molecular weight excluding hydrogens is 686 g/mol. The smallest absolute Gasteiger partial charge is 0.411 e. The minimum atomic E-state index is -1.43. The van der Waals surface area contributed by atoms with Gasteiger partial charge in [-0.2, -0.15) is 0 Å². The molecule has 14 heteroatoms. The summed E-state index contributed by atoms with van der Waals surface area (Å²) in [4.78, 5) is 70.4. The average molecular weight is 736 g/mol. The predicted octanol–water partition coefficient (Wildman–Crippen LogP) is 5.80. The van der Waals surface area contributed by atoms with Crippen LogP contribution in [0, 0.1) is 0 Å². The first-order chi connectivity index (χ1) is 25.5. The van der Waals surface area contributed by atoms with Gasteiger partial charge in [0.1, 0.15) is 6.61 Å². The molecule has 3 aromatic carbocycles. The molecule has 4 rings (SSSR count). The molecule has 0 aliphatic carbocycles. The minimum Gasteiger partial charge on any atom is -0.455 e. The second-order valence-electron chi connectivity index (χ2n) is 12.4. The number of rotatable bonds is 16. The predicted molar refractivity (Wildman–Crippen MR) is 194 cm³/mol. The van der Waals surface area contributed by atoms with Crippen LogP contribution in [0.25, 0.3) is 10.8 Å². The van der Waals surface area contributed by atoms with E-state index in [9.17, 15) is 24.0 Å². The van der Waals surface area contributed by atoms with Gasteiger partial charge in [0.15, 0.2) is 18.3 Å². The highest BCUT2D eigenvalue weighted by molar-refractivity contribution is 5.94. The summed E-state index contributed by atoms with van der Waals surface area (Å²) >= 11 is 0. The Morgan fingerprint density at radius 2 is 1.25 bits per heavy atom. The summed E-state index contributed by atoms with van der Waals surface area (Å²) in [5.74, 6) is -2.56. The Kier molecular flexibility index (Phi) is 15.1. The number of nitrogens with zero attached hydrogens (tertiary/aromatic N) is 1. The fourth-order valence-corrected chi connectivity index (χ4v) is 5.61. The van der Waals surface area contributed by atoms with Crippen molar-refractivity contribution in [3.05, 3.63) is 77.4 Å². The highest BCUT2D eigenvalue weighted by atomic mass is 16.8. The Hall–Kier alpha value is -5.05. The largest absolute Gasteiger partial charge is 0.455 e. The number of ether oxygens (including phenoxy) is 5. The van der Waals surface area contributed by atoms with Gasteiger partial charge in [-0.25, -0.2) is 15.1 Å². The third-order valence-electron chi connectivity index (χ3n) is 8.70. The lowest BCUT2D eigenvalue weighted by Gasteiger charge is -2.43. The van der Waals surface area contributed by atoms with Crippen LogP contribution in [-0.2, 0) is 56.1 Å². The average Bonchev–Trinajstić information content (AvgIpc) is 3.17. The summed E-state index contributed by atoms with van der Waals surface area (Å²) in [5.41, 5.74) is 4.91. The van der Waals surface area contributed by atoms with E-state index in [1.807, 2.05) is 18.2 Å². The lowest BCUT2D eigenvalue weighted by molar-refractivity contribution is -0.310. The number of hydrogen-bond acceptors (Lipinski definition) is 12. The van der Waals surface area contributed by atoms with Crippen molar-refractivity contribution in [2.75, 3.05) is 18.4 Å². The molecule has 286 valence electrons. The van der Waals surface area contributed by atoms with E-state index >= 15 is 0 Å². The zero-order chi connectivity index (χ0) is 38.5. The normalized spacial score (nSPS) is 19.6. The monoisotopic (exact) mass is 735 g/mol. The van der Waals surface area contributed by atoms with Crippen LogP contribution in [0.15, 0.2) is 60.7 Å². The van der Waals surface area contributed by atoms with Gasteiger partial charge < -0.3 is 23.7 Å². The SMILES string of the molecule is CCC(=O)O[C@H]1[C@H](OC(=O)CC)[C@H](ONC(=O)c2ccc(NC(=O)OCc3ccc4cc(CN(CC)CC)ccc4c3)cc2)O[C@@H](C)[C@H]1OC(=O)CC. The van der Waals surface area contributed by atoms with Gasteiger partial charge in [-0.15, -0.1) is 0 Å². The third kappa shape index (κ3) is 11.5. The molecular formula is C39H49N3O11. The molecule has 0 aromatic heterocycles. The van der Waals surface area contributed by atoms with E-state index in [1.165, 1.54) is 29.8 Å². The number of nitrogens with one attached hydrogen (secondary N) is 2. The minimum absolute atomic E-state index is 0.00234. The van der Waals surface area contributed by atoms with E-state index in [-0.39, 0.29) is 31.4 Å². The molecule has 0 unspecified atom stereocenters. The summed E-state index contributed by atoms with van der Waals surface area (Å²) in [6.45, 7) is 13.6. The Balaban J connectivity index is 1.34. The molecule has 0 bridgehead atoms. The van der Waals surface area contributed by atoms with Crippen LogP contribution >= 0.6 is 0 Å². The fraction of sp³-hybridized carbons (Fsp3) is 0.462. The van der Waals surface area contributed by atoms with Crippen molar-refractivity contribution in [1.82, 2.24) is 10.4 Å². The molecule has 3 aromatic rings. The highest BCUT2D eigenvalue weighted by Crippen LogP contribution is 2.30. The molecule has 0 spiro atoms. The van der Waals surface area contributed by atoms with Gasteiger partial charge in [0.05, 0.1) is 6.10 Å². The van der Waals surface area contributed by atoms with Crippen LogP contribution in [0.3, 0.4) is 0 Å². The van der Waals surface area contributed by atoms with Crippen LogP contribution < -0.4 is 10.8 Å². The van der Waals surface area contributed by atoms with Crippen LogP contribution in [-0.4, -0.2) is 78.6 Å². The molecule has 2 N–H and O–H groups in total. The lowest BCUT2D eigenvalue weighted by Crippen LogP contribution is -2.62. The molecule has 14 nitrogen and oxygen atoms in total. The van der Waals surface area contributed by atoms with Gasteiger partial charge in [0, 0.05) is 37.1 Å². The van der Waals surface area contributed by atoms with Crippen molar-refractivity contribution in [3.63, 3.8) is 0 Å². The van der Waals surface area contributed by atoms with E-state index in [0.717, 1.165) is 36.0 Å². The summed E-state index contributed by atoms with van der Waals surface area (Å²) in [6.07, 6.45) is -6.71. The first-order valence-corrected chi connectivity index (χ1v) is 18.0. The van der Waals surface area contributed by atoms with Crippen LogP contribution in [0.2, 0.25) is 0 Å². The van der Waals surface area contributed by atoms with E-state index < -0.39 is 60.6 Å². The van der Waals surface area contributed by atoms with Gasteiger partial charge in [-0.3, -0.25) is 29.4 Å². The van der Waals surface area contributed by atoms with E-state index in [4.69, 9.17) is 28.5 Å². The topological polar surface area (TPSA) is 168 Å². The molecule has 1 aliphatic rings. The van der Waals surface area contributed by atoms with Crippen molar-refractivity contribution in [2.45, 2.75) is 105 Å². The first kappa shape index (κ1) is 40.7. The number of carbonyl (C=O) groups is 5. The highest BCUT2D eigenvalue weighted by Gasteiger charge is 2.51. The number of benzene rings is 3. The maximum atomic E-state index is 13.0. The van der Waals surface area contributed by atoms with Gasteiger partial charge in [0.2, 0.25) is 6.29 Å². The number of amides is 2. The van der Waals surface area contributed by atoms with E-state index in [1.54, 1.807) is 27.7 Å². The van der Waals surface area contributed by atoms with Crippen molar-refractivity contribution in [2.24, 2.45) is 0 Å². The number of fused-ring (bicyclic) bond motifs is 1. The fourth-order valence-electron chi connectivity index (χ4n) is 5.61. The van der Waals surface area contributed by atoms with E-state index in [2.05, 4.69) is 47.7 Å². The standard InChI is InChI=1S/C39H49N3O11/c1-7-31(43)50-34-24(6)49-38(36(52-33(45)9-3)35(34)51-32(44)8-2)53-41-37(46)27-16-18-30(19-17-27)40-39(47)48-23-26-13-15-28-20-25(12-14-29(28)21-26)22-42(10-4)11-5/h12-21,24,34-36,38H,7-11,22-23H2,1-6H3,(H,40,47)(H,41,46)/t24-,34+,35+,36-,38-/m0/s1. The molecule has 2 amide bonds. The van der Waals surface area contributed by atoms with Crippen molar-refractivity contribution >= 4 is 46.4 Å². The molecule has 0 radical (unpaired) electrons. The van der Waals surface area contributed by atoms with E-state index in [0.29, 0.717) is 5.69 Å². The quantitative estimate of drug-likeness (QED) is 0.103. The molecule has 1 saturated heterocycles.